The van der Waals surface area contributed by atoms with Crippen molar-refractivity contribution in [1.82, 2.24) is 10.6 Å². The molecule has 2 heteroatoms. The number of hydrogen-bond acceptors (Lipinski definition) is 2. The Morgan fingerprint density at radius 2 is 1.56 bits per heavy atom. The van der Waals surface area contributed by atoms with E-state index in [-0.39, 0.29) is 0 Å². The van der Waals surface area contributed by atoms with E-state index < -0.39 is 0 Å². The topological polar surface area (TPSA) is 24.1 Å². The van der Waals surface area contributed by atoms with E-state index in [0.717, 1.165) is 25.3 Å². The molecule has 0 aromatic carbocycles. The van der Waals surface area contributed by atoms with Gasteiger partial charge in [0.15, 0.2) is 0 Å². The van der Waals surface area contributed by atoms with Gasteiger partial charge in [0.05, 0.1) is 0 Å². The monoisotopic (exact) mass is 222 g/mol. The summed E-state index contributed by atoms with van der Waals surface area (Å²) >= 11 is 0. The molecule has 0 atom stereocenters. The first kappa shape index (κ1) is 15.0. The second-order valence-electron chi connectivity index (χ2n) is 3.92. The lowest BCUT2D eigenvalue weighted by Gasteiger charge is -2.05. The first-order valence-corrected chi connectivity index (χ1v) is 6.18. The van der Waals surface area contributed by atoms with Crippen LogP contribution in [0.3, 0.4) is 0 Å². The molecule has 0 aromatic rings. The van der Waals surface area contributed by atoms with Crippen molar-refractivity contribution >= 4 is 0 Å². The average molecular weight is 222 g/mol. The van der Waals surface area contributed by atoms with Gasteiger partial charge in [-0.25, -0.2) is 0 Å². The van der Waals surface area contributed by atoms with Gasteiger partial charge < -0.3 is 10.6 Å². The van der Waals surface area contributed by atoms with Crippen LogP contribution in [0.5, 0.6) is 0 Å². The molecule has 0 aromatic heterocycles. The molecule has 0 aliphatic heterocycles. The number of unbranched alkanes of at least 4 members (excludes halogenated alkanes) is 4. The fourth-order valence-electron chi connectivity index (χ4n) is 1.43. The fraction of sp³-hybridized carbons (Fsp3) is 0.571. The van der Waals surface area contributed by atoms with Crippen LogP contribution < -0.4 is 10.6 Å². The van der Waals surface area contributed by atoms with Gasteiger partial charge in [-0.1, -0.05) is 38.5 Å². The zero-order valence-electron chi connectivity index (χ0n) is 10.4. The molecule has 0 rings (SSSR count). The van der Waals surface area contributed by atoms with Crippen molar-refractivity contribution < 1.29 is 0 Å². The lowest BCUT2D eigenvalue weighted by Crippen LogP contribution is -2.14. The standard InChI is InChI=1S/C14H26N2/c1-4-11-15-12-9-7-6-8-10-13-16-14(3)5-2/h4-5,15-16H,1-3,6-13H2. The molecule has 0 unspecified atom stereocenters. The van der Waals surface area contributed by atoms with E-state index in [4.69, 9.17) is 0 Å². The van der Waals surface area contributed by atoms with Crippen molar-refractivity contribution in [3.8, 4) is 0 Å². The normalized spacial score (nSPS) is 9.75. The van der Waals surface area contributed by atoms with Gasteiger partial charge >= 0.3 is 0 Å². The first-order chi connectivity index (χ1) is 7.81. The second-order valence-corrected chi connectivity index (χ2v) is 3.92. The third-order valence-corrected chi connectivity index (χ3v) is 2.42. The summed E-state index contributed by atoms with van der Waals surface area (Å²) < 4.78 is 0. The number of nitrogens with one attached hydrogen (secondary N) is 2. The maximum absolute atomic E-state index is 3.80. The molecule has 0 aliphatic rings. The van der Waals surface area contributed by atoms with Crippen molar-refractivity contribution in [2.24, 2.45) is 0 Å². The van der Waals surface area contributed by atoms with Gasteiger partial charge in [-0.15, -0.1) is 6.58 Å². The predicted octanol–water partition coefficient (Wildman–Crippen LogP) is 3.00. The van der Waals surface area contributed by atoms with Crippen LogP contribution in [-0.2, 0) is 0 Å². The van der Waals surface area contributed by atoms with Crippen LogP contribution in [0.4, 0.5) is 0 Å². The van der Waals surface area contributed by atoms with Crippen LogP contribution >= 0.6 is 0 Å². The highest BCUT2D eigenvalue weighted by Gasteiger charge is 1.91. The van der Waals surface area contributed by atoms with Crippen molar-refractivity contribution in [1.29, 1.82) is 0 Å². The van der Waals surface area contributed by atoms with Crippen LogP contribution in [0, 0.1) is 0 Å². The Kier molecular flexibility index (Phi) is 11.3. The molecular weight excluding hydrogens is 196 g/mol. The summed E-state index contributed by atoms with van der Waals surface area (Å²) in [6.45, 7) is 14.2. The van der Waals surface area contributed by atoms with E-state index in [9.17, 15) is 0 Å². The highest BCUT2D eigenvalue weighted by Crippen LogP contribution is 2.01. The molecule has 0 saturated heterocycles. The van der Waals surface area contributed by atoms with E-state index in [1.807, 2.05) is 6.08 Å². The molecule has 2 nitrogen and oxygen atoms in total. The van der Waals surface area contributed by atoms with Gasteiger partial charge in [0.25, 0.3) is 0 Å². The zero-order valence-corrected chi connectivity index (χ0v) is 10.4. The van der Waals surface area contributed by atoms with Crippen LogP contribution in [-0.4, -0.2) is 19.6 Å². The zero-order chi connectivity index (χ0) is 12.1. The molecular formula is C14H26N2. The Hall–Kier alpha value is -1.02. The highest BCUT2D eigenvalue weighted by atomic mass is 14.9. The van der Waals surface area contributed by atoms with Crippen LogP contribution in [0.2, 0.25) is 0 Å². The van der Waals surface area contributed by atoms with Gasteiger partial charge in [-0.05, 0) is 25.5 Å². The summed E-state index contributed by atoms with van der Waals surface area (Å²) in [5.41, 5.74) is 0.925. The molecule has 0 aliphatic carbocycles. The summed E-state index contributed by atoms with van der Waals surface area (Å²) in [5, 5.41) is 6.52. The lowest BCUT2D eigenvalue weighted by molar-refractivity contribution is 0.581. The molecule has 0 radical (unpaired) electrons. The Balaban J connectivity index is 3.01. The molecule has 0 saturated carbocycles. The summed E-state index contributed by atoms with van der Waals surface area (Å²) in [6.07, 6.45) is 10.1. The van der Waals surface area contributed by atoms with Crippen molar-refractivity contribution in [2.45, 2.75) is 32.1 Å². The molecule has 0 bridgehead atoms. The van der Waals surface area contributed by atoms with Gasteiger partial charge in [0.2, 0.25) is 0 Å². The van der Waals surface area contributed by atoms with Crippen LogP contribution in [0.25, 0.3) is 0 Å². The minimum absolute atomic E-state index is 0.924. The largest absolute Gasteiger partial charge is 0.386 e. The van der Waals surface area contributed by atoms with Crippen molar-refractivity contribution in [3.63, 3.8) is 0 Å². The van der Waals surface area contributed by atoms with Gasteiger partial charge in [-0.3, -0.25) is 0 Å². The third-order valence-electron chi connectivity index (χ3n) is 2.42. The van der Waals surface area contributed by atoms with Crippen molar-refractivity contribution in [2.75, 3.05) is 19.6 Å². The third kappa shape index (κ3) is 11.1. The van der Waals surface area contributed by atoms with Crippen molar-refractivity contribution in [3.05, 3.63) is 37.6 Å². The quantitative estimate of drug-likeness (QED) is 0.301. The predicted molar refractivity (Wildman–Crippen MR) is 73.5 cm³/mol. The SMILES string of the molecule is C=CCNCCCCCCCNC(=C)C=C. The maximum atomic E-state index is 3.80. The van der Waals surface area contributed by atoms with E-state index in [1.165, 1.54) is 32.1 Å². The fourth-order valence-corrected chi connectivity index (χ4v) is 1.43. The van der Waals surface area contributed by atoms with Crippen LogP contribution in [0.15, 0.2) is 37.6 Å². The highest BCUT2D eigenvalue weighted by molar-refractivity contribution is 5.07. The Morgan fingerprint density at radius 1 is 0.938 bits per heavy atom. The van der Waals surface area contributed by atoms with E-state index in [2.05, 4.69) is 30.4 Å². The first-order valence-electron chi connectivity index (χ1n) is 6.18. The number of rotatable bonds is 12. The number of allylic oxidation sites excluding steroid dienone is 1. The molecule has 0 fully saturated rings. The summed E-state index contributed by atoms with van der Waals surface area (Å²) in [5.74, 6) is 0. The Labute approximate surface area is 101 Å². The summed E-state index contributed by atoms with van der Waals surface area (Å²) in [7, 11) is 0. The summed E-state index contributed by atoms with van der Waals surface area (Å²) in [4.78, 5) is 0. The maximum Gasteiger partial charge on any atom is 0.0261 e. The lowest BCUT2D eigenvalue weighted by atomic mass is 10.1. The van der Waals surface area contributed by atoms with Crippen LogP contribution in [0.1, 0.15) is 32.1 Å². The number of hydrogen-bond donors (Lipinski definition) is 2. The molecule has 2 N–H and O–H groups in total. The van der Waals surface area contributed by atoms with Gasteiger partial charge in [0, 0.05) is 18.8 Å². The second kappa shape index (κ2) is 12.1. The molecule has 16 heavy (non-hydrogen) atoms. The van der Waals surface area contributed by atoms with E-state index in [0.29, 0.717) is 0 Å². The molecule has 0 spiro atoms. The smallest absolute Gasteiger partial charge is 0.0261 e. The molecule has 0 amide bonds. The van der Waals surface area contributed by atoms with Gasteiger partial charge in [0.1, 0.15) is 0 Å². The van der Waals surface area contributed by atoms with Gasteiger partial charge in [-0.2, -0.15) is 0 Å². The average Bonchev–Trinajstić information content (AvgIpc) is 2.31. The minimum atomic E-state index is 0.924. The molecule has 0 heterocycles. The minimum Gasteiger partial charge on any atom is -0.386 e. The summed E-state index contributed by atoms with van der Waals surface area (Å²) in [6, 6.07) is 0. The van der Waals surface area contributed by atoms with E-state index >= 15 is 0 Å². The molecule has 92 valence electrons. The van der Waals surface area contributed by atoms with E-state index in [1.54, 1.807) is 6.08 Å². The Morgan fingerprint density at radius 3 is 2.19 bits per heavy atom. The Bertz CT molecular complexity index is 197.